The molecule has 2 aliphatic rings. The van der Waals surface area contributed by atoms with Crippen LogP contribution in [-0.4, -0.2) is 110 Å². The first-order valence-electron chi connectivity index (χ1n) is 9.72. The number of β-lactam (4-membered cyclic amide) rings is 1. The molecule has 11 nitrogen and oxygen atoms in total. The molecule has 14 heteroatoms. The second-order valence-electron chi connectivity index (χ2n) is 7.51. The number of aliphatic carboxylic acids is 1. The van der Waals surface area contributed by atoms with Gasteiger partial charge in [0.25, 0.3) is 5.91 Å². The zero-order valence-corrected chi connectivity index (χ0v) is 19.1. The van der Waals surface area contributed by atoms with Crippen molar-refractivity contribution in [2.45, 2.75) is 17.8 Å². The normalized spacial score (nSPS) is 19.0. The number of hydrogen-bond acceptors (Lipinski definition) is 9. The van der Waals surface area contributed by atoms with Crippen LogP contribution in [0.4, 0.5) is 5.13 Å². The van der Waals surface area contributed by atoms with Gasteiger partial charge in [-0.25, -0.2) is 9.59 Å². The molecule has 0 saturated carbocycles. The van der Waals surface area contributed by atoms with E-state index in [9.17, 15) is 29.4 Å². The topological polar surface area (TPSA) is 153 Å². The van der Waals surface area contributed by atoms with E-state index in [0.29, 0.717) is 21.3 Å². The molecule has 2 atom stereocenters. The minimum atomic E-state index is -1.26. The van der Waals surface area contributed by atoms with Gasteiger partial charge in [-0.05, 0) is 11.6 Å². The zero-order valence-electron chi connectivity index (χ0n) is 17.5. The molecule has 0 bridgehead atoms. The molecule has 174 valence electrons. The second kappa shape index (κ2) is 10.4. The molecule has 2 aromatic rings. The molecule has 0 radical (unpaired) electrons. The van der Waals surface area contributed by atoms with E-state index in [1.165, 1.54) is 40.1 Å². The molecule has 34 heavy (non-hydrogen) atoms. The summed E-state index contributed by atoms with van der Waals surface area (Å²) in [7, 11) is 3.59. The van der Waals surface area contributed by atoms with Crippen LogP contribution in [0.2, 0.25) is 0 Å². The van der Waals surface area contributed by atoms with Crippen molar-refractivity contribution in [1.29, 1.82) is 0 Å². The molecule has 1 aromatic carbocycles. The second-order valence-corrected chi connectivity index (χ2v) is 9.57. The van der Waals surface area contributed by atoms with Gasteiger partial charge in [-0.15, -0.1) is 22.0 Å². The molecule has 1 unspecified atom stereocenters. The monoisotopic (exact) mass is 513 g/mol. The Bertz CT molecular complexity index is 1200. The number of fused-ring (bicyclic) bond motifs is 1. The molecule has 3 N–H and O–H groups in total. The van der Waals surface area contributed by atoms with Crippen molar-refractivity contribution in [1.82, 2.24) is 20.4 Å². The first-order valence-corrected chi connectivity index (χ1v) is 11.6. The van der Waals surface area contributed by atoms with Crippen molar-refractivity contribution in [2.75, 3.05) is 24.7 Å². The summed E-state index contributed by atoms with van der Waals surface area (Å²) >= 11 is 2.55. The first kappa shape index (κ1) is 26.2. The fraction of sp³-hybridized carbons (Fsp3) is 0.300. The van der Waals surface area contributed by atoms with E-state index in [2.05, 4.69) is 15.5 Å². The number of carboxylic acids is 2. The summed E-state index contributed by atoms with van der Waals surface area (Å²) in [5, 5.41) is 30.3. The molecular formula is C20H20N5NaO6S2. The molecular weight excluding hydrogens is 493 g/mol. The summed E-state index contributed by atoms with van der Waals surface area (Å²) in [5.74, 6) is -3.18. The summed E-state index contributed by atoms with van der Waals surface area (Å²) in [5.41, 5.74) is 0.578. The van der Waals surface area contributed by atoms with Gasteiger partial charge < -0.3 is 20.4 Å². The molecule has 1 fully saturated rings. The number of hydrogen-bond donors (Lipinski definition) is 3. The van der Waals surface area contributed by atoms with Gasteiger partial charge >= 0.3 is 41.5 Å². The van der Waals surface area contributed by atoms with Crippen LogP contribution in [0.25, 0.3) is 5.57 Å². The molecule has 3 heterocycles. The number of thioether (sulfide) groups is 1. The van der Waals surface area contributed by atoms with E-state index in [-0.39, 0.29) is 53.0 Å². The van der Waals surface area contributed by atoms with Crippen LogP contribution in [0, 0.1) is 0 Å². The van der Waals surface area contributed by atoms with Crippen LogP contribution in [0.15, 0.2) is 30.0 Å². The fourth-order valence-electron chi connectivity index (χ4n) is 3.58. The van der Waals surface area contributed by atoms with Gasteiger partial charge in [-0.3, -0.25) is 14.5 Å². The summed E-state index contributed by atoms with van der Waals surface area (Å²) in [6.45, 7) is 0. The predicted octanol–water partition coefficient (Wildman–Crippen LogP) is 0.0921. The maximum absolute atomic E-state index is 12.8. The number of benzene rings is 1. The number of carbonyl (C=O) groups excluding carboxylic acids is 2. The molecule has 4 rings (SSSR count). The van der Waals surface area contributed by atoms with Crippen molar-refractivity contribution < 1.29 is 29.4 Å². The minimum absolute atomic E-state index is 0. The Labute approximate surface area is 224 Å². The van der Waals surface area contributed by atoms with Crippen LogP contribution in [0.3, 0.4) is 0 Å². The van der Waals surface area contributed by atoms with E-state index in [0.717, 1.165) is 0 Å². The van der Waals surface area contributed by atoms with Crippen molar-refractivity contribution >= 4 is 87.1 Å². The molecule has 0 spiro atoms. The maximum atomic E-state index is 12.8. The number of carboxylic acid groups (broad SMARTS) is 2. The number of aromatic nitrogens is 2. The Hall–Kier alpha value is -2.45. The van der Waals surface area contributed by atoms with E-state index in [1.54, 1.807) is 31.1 Å². The quantitative estimate of drug-likeness (QED) is 0.343. The average molecular weight is 514 g/mol. The van der Waals surface area contributed by atoms with E-state index in [4.69, 9.17) is 0 Å². The van der Waals surface area contributed by atoms with Crippen LogP contribution in [0.5, 0.6) is 0 Å². The fourth-order valence-corrected chi connectivity index (χ4v) is 5.83. The van der Waals surface area contributed by atoms with Crippen LogP contribution in [-0.2, 0) is 20.8 Å². The SMILES string of the molecule is CN(C)c1nnc(C2=C(C(=O)O)N3C(=O)C(NC(=O)Cc4ccccc4C(=O)O)[C@H]3SC2)s1.[NaH]. The van der Waals surface area contributed by atoms with Gasteiger partial charge in [0.1, 0.15) is 22.1 Å². The molecule has 2 aliphatic heterocycles. The van der Waals surface area contributed by atoms with E-state index >= 15 is 0 Å². The van der Waals surface area contributed by atoms with Crippen molar-refractivity contribution in [3.8, 4) is 0 Å². The standard InChI is InChI=1S/C20H19N5O6S2.Na.H/c1-24(2)20-23-22-15(33-20)11-8-32-17-13(16(27)25(17)14(11)19(30)31)21-12(26)7-9-5-3-4-6-10(9)18(28)29;;/h3-6,13,17H,7-8H2,1-2H3,(H,21,26)(H,28,29)(H,30,31);;/t13?,17-;;/m1../s1. The zero-order chi connectivity index (χ0) is 23.9. The number of amides is 2. The Morgan fingerprint density at radius 3 is 2.50 bits per heavy atom. The van der Waals surface area contributed by atoms with Crippen LogP contribution in [0.1, 0.15) is 20.9 Å². The summed E-state index contributed by atoms with van der Waals surface area (Å²) in [4.78, 5) is 51.7. The number of anilines is 1. The van der Waals surface area contributed by atoms with Crippen LogP contribution >= 0.6 is 23.1 Å². The van der Waals surface area contributed by atoms with Gasteiger partial charge in [-0.1, -0.05) is 29.5 Å². The van der Waals surface area contributed by atoms with Crippen LogP contribution < -0.4 is 10.2 Å². The third kappa shape index (κ3) is 4.84. The Morgan fingerprint density at radius 2 is 1.88 bits per heavy atom. The molecule has 2 amide bonds. The number of nitrogens with one attached hydrogen (secondary N) is 1. The molecule has 1 saturated heterocycles. The number of nitrogens with zero attached hydrogens (tertiary/aromatic N) is 4. The Kier molecular flexibility index (Phi) is 8.03. The molecule has 1 aromatic heterocycles. The van der Waals surface area contributed by atoms with Gasteiger partial charge in [-0.2, -0.15) is 0 Å². The van der Waals surface area contributed by atoms with Gasteiger partial charge in [0.15, 0.2) is 0 Å². The van der Waals surface area contributed by atoms with E-state index < -0.39 is 35.2 Å². The number of aromatic carboxylic acids is 1. The number of carbonyl (C=O) groups is 4. The van der Waals surface area contributed by atoms with Gasteiger partial charge in [0.2, 0.25) is 11.0 Å². The van der Waals surface area contributed by atoms with Crippen molar-refractivity contribution in [3.05, 3.63) is 46.1 Å². The summed E-state index contributed by atoms with van der Waals surface area (Å²) < 4.78 is 0. The van der Waals surface area contributed by atoms with Crippen molar-refractivity contribution in [2.24, 2.45) is 0 Å². The van der Waals surface area contributed by atoms with E-state index in [1.807, 2.05) is 0 Å². The predicted molar refractivity (Wildman–Crippen MR) is 128 cm³/mol. The molecule has 0 aliphatic carbocycles. The third-order valence-corrected chi connectivity index (χ3v) is 7.57. The number of rotatable bonds is 7. The summed E-state index contributed by atoms with van der Waals surface area (Å²) in [6.07, 6.45) is -0.214. The van der Waals surface area contributed by atoms with Gasteiger partial charge in [0.05, 0.1) is 12.0 Å². The first-order chi connectivity index (χ1) is 15.7. The van der Waals surface area contributed by atoms with Crippen molar-refractivity contribution in [3.63, 3.8) is 0 Å². The average Bonchev–Trinajstić information content (AvgIpc) is 3.27. The van der Waals surface area contributed by atoms with Gasteiger partial charge in [0, 0.05) is 25.4 Å². The summed E-state index contributed by atoms with van der Waals surface area (Å²) in [6, 6.07) is 5.23. The third-order valence-electron chi connectivity index (χ3n) is 5.14. The Morgan fingerprint density at radius 1 is 1.18 bits per heavy atom. The Balaban J connectivity index is 0.00000324.